The molecule has 1 aliphatic rings. The van der Waals surface area contributed by atoms with Crippen molar-refractivity contribution in [1.29, 1.82) is 0 Å². The van der Waals surface area contributed by atoms with Crippen LogP contribution in [0.15, 0.2) is 42.7 Å². The predicted octanol–water partition coefficient (Wildman–Crippen LogP) is 4.54. The molecule has 0 radical (unpaired) electrons. The molecule has 1 aliphatic carbocycles. The summed E-state index contributed by atoms with van der Waals surface area (Å²) in [5.41, 5.74) is 1.99. The Morgan fingerprint density at radius 2 is 1.94 bits per heavy atom. The summed E-state index contributed by atoms with van der Waals surface area (Å²) in [7, 11) is 0. The van der Waals surface area contributed by atoms with Gasteiger partial charge in [0.1, 0.15) is 6.54 Å². The van der Waals surface area contributed by atoms with E-state index >= 15 is 0 Å². The van der Waals surface area contributed by atoms with Gasteiger partial charge in [-0.15, -0.1) is 0 Å². The molecule has 0 aliphatic heterocycles. The van der Waals surface area contributed by atoms with Gasteiger partial charge in [-0.25, -0.2) is 8.78 Å². The van der Waals surface area contributed by atoms with Gasteiger partial charge in [0.15, 0.2) is 0 Å². The van der Waals surface area contributed by atoms with Crippen LogP contribution in [0.2, 0.25) is 0 Å². The fourth-order valence-electron chi connectivity index (χ4n) is 3.52. The van der Waals surface area contributed by atoms with Crippen molar-refractivity contribution >= 4 is 16.8 Å². The van der Waals surface area contributed by atoms with E-state index < -0.39 is 30.6 Å². The van der Waals surface area contributed by atoms with Crippen molar-refractivity contribution in [2.24, 2.45) is 0 Å². The largest absolute Gasteiger partial charge is 0.408 e. The maximum absolute atomic E-state index is 13.1. The van der Waals surface area contributed by atoms with Crippen molar-refractivity contribution in [2.75, 3.05) is 0 Å². The minimum Gasteiger partial charge on any atom is -0.348 e. The van der Waals surface area contributed by atoms with Crippen LogP contribution in [-0.2, 0) is 17.8 Å². The lowest BCUT2D eigenvalue weighted by atomic mass is 10.1. The van der Waals surface area contributed by atoms with E-state index in [4.69, 9.17) is 0 Å². The van der Waals surface area contributed by atoms with E-state index in [1.165, 1.54) is 12.4 Å². The number of rotatable bonds is 6. The molecule has 164 valence electrons. The number of halogens is 5. The minimum absolute atomic E-state index is 0.0669. The lowest BCUT2D eigenvalue weighted by Gasteiger charge is -2.14. The molecule has 0 spiro atoms. The first-order valence-electron chi connectivity index (χ1n) is 9.66. The first-order valence-corrected chi connectivity index (χ1v) is 9.66. The highest BCUT2D eigenvalue weighted by Gasteiger charge is 2.57. The van der Waals surface area contributed by atoms with Gasteiger partial charge in [-0.3, -0.25) is 14.5 Å². The first kappa shape index (κ1) is 21.2. The molecule has 1 amide bonds. The number of alkyl halides is 5. The van der Waals surface area contributed by atoms with E-state index in [0.717, 1.165) is 4.68 Å². The number of nitrogens with one attached hydrogen (secondary N) is 1. The molecule has 1 saturated carbocycles. The fraction of sp³-hybridized carbons (Fsp3) is 0.381. The van der Waals surface area contributed by atoms with Gasteiger partial charge in [0, 0.05) is 11.8 Å². The summed E-state index contributed by atoms with van der Waals surface area (Å²) in [6.07, 6.45) is -1.84. The van der Waals surface area contributed by atoms with Crippen LogP contribution in [-0.4, -0.2) is 32.8 Å². The van der Waals surface area contributed by atoms with E-state index in [1.807, 2.05) is 0 Å². The Labute approximate surface area is 174 Å². The molecule has 1 N–H and O–H groups in total. The Bertz CT molecular complexity index is 1110. The van der Waals surface area contributed by atoms with Crippen molar-refractivity contribution in [1.82, 2.24) is 20.1 Å². The maximum atomic E-state index is 13.1. The van der Waals surface area contributed by atoms with Crippen molar-refractivity contribution < 1.29 is 26.7 Å². The number of pyridine rings is 1. The second-order valence-corrected chi connectivity index (χ2v) is 7.81. The standard InChI is InChI=1S/C21H19F5N4O/c1-12(17-7-15-9-28-30(11-21(24,25)26)18(15)10-27-17)29-19(31)6-13-2-4-14(5-3-13)16-8-20(16,22)23/h2-5,7,9-10,12,16H,6,8,11H2,1H3,(H,29,31)/t12-,16?/m1/s1. The Kier molecular flexibility index (Phi) is 5.18. The van der Waals surface area contributed by atoms with Crippen molar-refractivity contribution in [3.63, 3.8) is 0 Å². The molecule has 0 saturated heterocycles. The molecule has 5 nitrogen and oxygen atoms in total. The smallest absolute Gasteiger partial charge is 0.348 e. The molecule has 3 aromatic rings. The number of aromatic nitrogens is 3. The topological polar surface area (TPSA) is 59.8 Å². The van der Waals surface area contributed by atoms with Gasteiger partial charge in [0.05, 0.1) is 42.0 Å². The zero-order valence-corrected chi connectivity index (χ0v) is 16.5. The molecule has 1 fully saturated rings. The first-order chi connectivity index (χ1) is 14.5. The number of carbonyl (C=O) groups excluding carboxylic acids is 1. The molecule has 2 aromatic heterocycles. The summed E-state index contributed by atoms with van der Waals surface area (Å²) < 4.78 is 65.0. The Morgan fingerprint density at radius 1 is 1.26 bits per heavy atom. The second-order valence-electron chi connectivity index (χ2n) is 7.81. The van der Waals surface area contributed by atoms with Gasteiger partial charge in [-0.05, 0) is 24.1 Å². The van der Waals surface area contributed by atoms with E-state index in [-0.39, 0.29) is 24.3 Å². The fourth-order valence-corrected chi connectivity index (χ4v) is 3.52. The lowest BCUT2D eigenvalue weighted by Crippen LogP contribution is -2.28. The summed E-state index contributed by atoms with van der Waals surface area (Å²) in [5.74, 6) is -3.66. The molecular weight excluding hydrogens is 419 g/mol. The number of hydrogen-bond donors (Lipinski definition) is 1. The van der Waals surface area contributed by atoms with Gasteiger partial charge in [0.2, 0.25) is 5.91 Å². The summed E-state index contributed by atoms with van der Waals surface area (Å²) in [6, 6.07) is 7.66. The highest BCUT2D eigenvalue weighted by Crippen LogP contribution is 2.55. The van der Waals surface area contributed by atoms with Crippen LogP contribution in [0, 0.1) is 0 Å². The van der Waals surface area contributed by atoms with Crippen LogP contribution in [0.5, 0.6) is 0 Å². The average molecular weight is 438 g/mol. The van der Waals surface area contributed by atoms with E-state index in [9.17, 15) is 26.7 Å². The Balaban J connectivity index is 1.38. The zero-order valence-electron chi connectivity index (χ0n) is 16.5. The van der Waals surface area contributed by atoms with Gasteiger partial charge in [-0.1, -0.05) is 24.3 Å². The minimum atomic E-state index is -4.39. The van der Waals surface area contributed by atoms with Gasteiger partial charge < -0.3 is 5.32 Å². The van der Waals surface area contributed by atoms with Gasteiger partial charge >= 0.3 is 6.18 Å². The lowest BCUT2D eigenvalue weighted by molar-refractivity contribution is -0.141. The average Bonchev–Trinajstić information content (AvgIpc) is 3.14. The van der Waals surface area contributed by atoms with Gasteiger partial charge in [0.25, 0.3) is 5.92 Å². The summed E-state index contributed by atoms with van der Waals surface area (Å²) in [6.45, 7) is 0.505. The van der Waals surface area contributed by atoms with E-state index in [0.29, 0.717) is 22.2 Å². The van der Waals surface area contributed by atoms with Gasteiger partial charge in [-0.2, -0.15) is 18.3 Å². The molecule has 2 atom stereocenters. The third-order valence-electron chi connectivity index (χ3n) is 5.27. The zero-order chi connectivity index (χ0) is 22.4. The van der Waals surface area contributed by atoms with Crippen LogP contribution >= 0.6 is 0 Å². The highest BCUT2D eigenvalue weighted by atomic mass is 19.4. The maximum Gasteiger partial charge on any atom is 0.408 e. The number of hydrogen-bond acceptors (Lipinski definition) is 3. The molecule has 1 unspecified atom stereocenters. The number of nitrogens with zero attached hydrogens (tertiary/aromatic N) is 3. The third kappa shape index (κ3) is 4.83. The number of fused-ring (bicyclic) bond motifs is 1. The van der Waals surface area contributed by atoms with E-state index in [1.54, 1.807) is 37.3 Å². The number of amides is 1. The normalized spacial score (nSPS) is 18.7. The van der Waals surface area contributed by atoms with Crippen LogP contribution in [0.1, 0.15) is 42.1 Å². The van der Waals surface area contributed by atoms with Crippen molar-refractivity contribution in [3.05, 3.63) is 59.5 Å². The molecule has 4 rings (SSSR count). The molecule has 0 bridgehead atoms. The van der Waals surface area contributed by atoms with Crippen LogP contribution in [0.4, 0.5) is 22.0 Å². The second kappa shape index (κ2) is 7.58. The molecule has 10 heteroatoms. The van der Waals surface area contributed by atoms with Crippen LogP contribution < -0.4 is 5.32 Å². The molecular formula is C21H19F5N4O. The molecule has 31 heavy (non-hydrogen) atoms. The molecule has 1 aromatic carbocycles. The Morgan fingerprint density at radius 3 is 2.55 bits per heavy atom. The predicted molar refractivity (Wildman–Crippen MR) is 103 cm³/mol. The third-order valence-corrected chi connectivity index (χ3v) is 5.27. The SMILES string of the molecule is C[C@@H](NC(=O)Cc1ccc(C2CC2(F)F)cc1)c1cc2cnn(CC(F)(F)F)c2cn1. The molecule has 2 heterocycles. The van der Waals surface area contributed by atoms with Crippen molar-refractivity contribution in [3.8, 4) is 0 Å². The van der Waals surface area contributed by atoms with E-state index in [2.05, 4.69) is 15.4 Å². The summed E-state index contributed by atoms with van der Waals surface area (Å²) >= 11 is 0. The number of carbonyl (C=O) groups is 1. The summed E-state index contributed by atoms with van der Waals surface area (Å²) in [5, 5.41) is 7.03. The summed E-state index contributed by atoms with van der Waals surface area (Å²) in [4.78, 5) is 16.5. The van der Waals surface area contributed by atoms with Crippen LogP contribution in [0.3, 0.4) is 0 Å². The number of benzene rings is 1. The van der Waals surface area contributed by atoms with Crippen LogP contribution in [0.25, 0.3) is 10.9 Å². The Hall–Kier alpha value is -3.04. The highest BCUT2D eigenvalue weighted by molar-refractivity contribution is 5.80. The van der Waals surface area contributed by atoms with Crippen molar-refractivity contribution in [2.45, 2.75) is 50.4 Å². The monoisotopic (exact) mass is 438 g/mol. The quantitative estimate of drug-likeness (QED) is 0.575.